The number of nitriles is 1. The van der Waals surface area contributed by atoms with E-state index in [0.29, 0.717) is 18.7 Å². The maximum Gasteiger partial charge on any atom is 0.191 e. The van der Waals surface area contributed by atoms with Crippen molar-refractivity contribution in [3.63, 3.8) is 0 Å². The number of thiocarbonyl (C=S) groups is 1. The van der Waals surface area contributed by atoms with Crippen molar-refractivity contribution in [2.45, 2.75) is 6.42 Å². The first-order valence-corrected chi connectivity index (χ1v) is 8.03. The Kier molecular flexibility index (Phi) is 6.87. The molecule has 7 heteroatoms. The molecule has 0 aromatic heterocycles. The first-order valence-electron chi connectivity index (χ1n) is 7.63. The third kappa shape index (κ3) is 5.86. The number of hydrogen-bond donors (Lipinski definition) is 2. The summed E-state index contributed by atoms with van der Waals surface area (Å²) in [6.45, 7) is 0.682. The normalized spacial score (nSPS) is 10.3. The molecule has 0 aliphatic heterocycles. The molecule has 0 aliphatic rings. The van der Waals surface area contributed by atoms with E-state index in [1.807, 2.05) is 36.2 Å². The maximum atomic E-state index is 13.5. The van der Waals surface area contributed by atoms with Crippen LogP contribution >= 0.6 is 12.2 Å². The molecule has 0 aliphatic carbocycles. The summed E-state index contributed by atoms with van der Waals surface area (Å²) in [5.41, 5.74) is 4.85. The van der Waals surface area contributed by atoms with Gasteiger partial charge >= 0.3 is 0 Å². The van der Waals surface area contributed by atoms with E-state index in [0.717, 1.165) is 11.3 Å². The highest BCUT2D eigenvalue weighted by atomic mass is 32.1. The van der Waals surface area contributed by atoms with Gasteiger partial charge in [0, 0.05) is 19.3 Å². The monoisotopic (exact) mass is 355 g/mol. The first-order chi connectivity index (χ1) is 12.1. The number of hydrazone groups is 1. The Bertz CT molecular complexity index is 783. The van der Waals surface area contributed by atoms with Crippen LogP contribution in [0.5, 0.6) is 0 Å². The predicted molar refractivity (Wildman–Crippen MR) is 103 cm³/mol. The average Bonchev–Trinajstić information content (AvgIpc) is 2.62. The van der Waals surface area contributed by atoms with Crippen LogP contribution in [-0.4, -0.2) is 24.9 Å². The fraction of sp³-hybridized carbons (Fsp3) is 0.167. The van der Waals surface area contributed by atoms with Gasteiger partial charge < -0.3 is 10.2 Å². The van der Waals surface area contributed by atoms with E-state index in [1.165, 1.54) is 6.07 Å². The Balaban J connectivity index is 1.86. The van der Waals surface area contributed by atoms with Crippen LogP contribution in [0.1, 0.15) is 12.0 Å². The summed E-state index contributed by atoms with van der Waals surface area (Å²) in [5.74, 6) is -0.383. The molecule has 0 bridgehead atoms. The molecule has 128 valence electrons. The fourth-order valence-corrected chi connectivity index (χ4v) is 2.20. The van der Waals surface area contributed by atoms with Crippen molar-refractivity contribution >= 4 is 34.9 Å². The molecule has 0 amide bonds. The summed E-state index contributed by atoms with van der Waals surface area (Å²) < 4.78 is 13.5. The molecule has 2 rings (SSSR count). The molecular formula is C18H18FN5S. The van der Waals surface area contributed by atoms with Gasteiger partial charge in [-0.15, -0.1) is 0 Å². The van der Waals surface area contributed by atoms with Crippen LogP contribution in [0.4, 0.5) is 15.8 Å². The zero-order chi connectivity index (χ0) is 18.1. The van der Waals surface area contributed by atoms with Gasteiger partial charge in [0.1, 0.15) is 5.82 Å². The minimum atomic E-state index is -0.383. The van der Waals surface area contributed by atoms with Crippen molar-refractivity contribution in [2.24, 2.45) is 5.10 Å². The Morgan fingerprint density at radius 1 is 1.28 bits per heavy atom. The smallest absolute Gasteiger partial charge is 0.191 e. The van der Waals surface area contributed by atoms with Crippen molar-refractivity contribution in [1.82, 2.24) is 5.43 Å². The summed E-state index contributed by atoms with van der Waals surface area (Å²) in [5, 5.41) is 15.6. The quantitative estimate of drug-likeness (QED) is 0.472. The number of para-hydroxylation sites is 1. The van der Waals surface area contributed by atoms with Crippen molar-refractivity contribution in [3.8, 4) is 6.07 Å². The Morgan fingerprint density at radius 3 is 2.68 bits per heavy atom. The van der Waals surface area contributed by atoms with Gasteiger partial charge in [-0.25, -0.2) is 4.39 Å². The van der Waals surface area contributed by atoms with Gasteiger partial charge in [0.15, 0.2) is 5.11 Å². The number of anilines is 2. The van der Waals surface area contributed by atoms with Gasteiger partial charge in [0.05, 0.1) is 24.4 Å². The average molecular weight is 355 g/mol. The zero-order valence-electron chi connectivity index (χ0n) is 13.7. The molecule has 5 nitrogen and oxygen atoms in total. The number of nitrogens with one attached hydrogen (secondary N) is 2. The van der Waals surface area contributed by atoms with Crippen LogP contribution in [0.15, 0.2) is 53.6 Å². The highest BCUT2D eigenvalue weighted by Crippen LogP contribution is 2.13. The van der Waals surface area contributed by atoms with Gasteiger partial charge in [-0.2, -0.15) is 10.4 Å². The van der Waals surface area contributed by atoms with Gasteiger partial charge in [-0.3, -0.25) is 5.43 Å². The van der Waals surface area contributed by atoms with E-state index in [4.69, 9.17) is 17.5 Å². The van der Waals surface area contributed by atoms with Crippen molar-refractivity contribution < 1.29 is 4.39 Å². The van der Waals surface area contributed by atoms with Crippen LogP contribution in [0, 0.1) is 17.1 Å². The largest absolute Gasteiger partial charge is 0.374 e. The summed E-state index contributed by atoms with van der Waals surface area (Å²) in [4.78, 5) is 2.01. The third-order valence-electron chi connectivity index (χ3n) is 3.39. The maximum absolute atomic E-state index is 13.5. The number of nitrogens with zero attached hydrogens (tertiary/aromatic N) is 3. The van der Waals surface area contributed by atoms with E-state index in [9.17, 15) is 4.39 Å². The molecule has 2 N–H and O–H groups in total. The Hall–Kier alpha value is -2.98. The molecule has 0 spiro atoms. The van der Waals surface area contributed by atoms with Gasteiger partial charge in [-0.1, -0.05) is 24.3 Å². The molecule has 0 atom stereocenters. The standard InChI is InChI=1S/C18H18FN5S/c1-24(12-4-11-20)15-9-7-14(8-10-15)13-21-23-18(25)22-17-6-3-2-5-16(17)19/h2-3,5-10,13H,4,12H2,1H3,(H2,22,23,25)/b21-13-. The second-order valence-corrected chi connectivity index (χ2v) is 5.63. The molecule has 0 heterocycles. The van der Waals surface area contributed by atoms with Crippen molar-refractivity contribution in [3.05, 3.63) is 59.9 Å². The topological polar surface area (TPSA) is 63.5 Å². The molecule has 25 heavy (non-hydrogen) atoms. The number of halogens is 1. The van der Waals surface area contributed by atoms with Crippen LogP contribution in [-0.2, 0) is 0 Å². The Morgan fingerprint density at radius 2 is 2.00 bits per heavy atom. The Labute approximate surface area is 151 Å². The summed E-state index contributed by atoms with van der Waals surface area (Å²) in [6.07, 6.45) is 2.10. The molecule has 2 aromatic carbocycles. The van der Waals surface area contributed by atoms with Gasteiger partial charge in [0.25, 0.3) is 0 Å². The van der Waals surface area contributed by atoms with Gasteiger partial charge in [-0.05, 0) is 42.0 Å². The molecular weight excluding hydrogens is 337 g/mol. The zero-order valence-corrected chi connectivity index (χ0v) is 14.6. The third-order valence-corrected chi connectivity index (χ3v) is 3.59. The number of benzene rings is 2. The SMILES string of the molecule is CN(CCC#N)c1ccc(/C=N\NC(=S)Nc2ccccc2F)cc1. The van der Waals surface area contributed by atoms with Crippen LogP contribution in [0.2, 0.25) is 0 Å². The van der Waals surface area contributed by atoms with Crippen molar-refractivity contribution in [2.75, 3.05) is 23.8 Å². The van der Waals surface area contributed by atoms with E-state index in [1.54, 1.807) is 24.4 Å². The molecule has 0 saturated carbocycles. The highest BCUT2D eigenvalue weighted by molar-refractivity contribution is 7.80. The first kappa shape index (κ1) is 18.4. The lowest BCUT2D eigenvalue weighted by atomic mass is 10.2. The van der Waals surface area contributed by atoms with E-state index in [-0.39, 0.29) is 10.9 Å². The number of rotatable bonds is 6. The predicted octanol–water partition coefficient (Wildman–Crippen LogP) is 3.50. The summed E-state index contributed by atoms with van der Waals surface area (Å²) in [7, 11) is 1.94. The van der Waals surface area contributed by atoms with Crippen LogP contribution < -0.4 is 15.6 Å². The van der Waals surface area contributed by atoms with E-state index in [2.05, 4.69) is 21.9 Å². The molecule has 0 radical (unpaired) electrons. The lowest BCUT2D eigenvalue weighted by Gasteiger charge is -2.17. The molecule has 2 aromatic rings. The summed E-state index contributed by atoms with van der Waals surface area (Å²) >= 11 is 5.07. The lowest BCUT2D eigenvalue weighted by Crippen LogP contribution is -2.24. The lowest BCUT2D eigenvalue weighted by molar-refractivity contribution is 0.632. The highest BCUT2D eigenvalue weighted by Gasteiger charge is 2.02. The minimum absolute atomic E-state index is 0.203. The number of hydrogen-bond acceptors (Lipinski definition) is 4. The van der Waals surface area contributed by atoms with Crippen LogP contribution in [0.25, 0.3) is 0 Å². The fourth-order valence-electron chi connectivity index (χ4n) is 2.04. The second kappa shape index (κ2) is 9.35. The summed E-state index contributed by atoms with van der Waals surface area (Å²) in [6, 6.07) is 16.1. The van der Waals surface area contributed by atoms with Crippen molar-refractivity contribution in [1.29, 1.82) is 5.26 Å². The second-order valence-electron chi connectivity index (χ2n) is 5.23. The minimum Gasteiger partial charge on any atom is -0.374 e. The molecule has 0 fully saturated rings. The molecule has 0 saturated heterocycles. The van der Waals surface area contributed by atoms with Crippen LogP contribution in [0.3, 0.4) is 0 Å². The molecule has 0 unspecified atom stereocenters. The van der Waals surface area contributed by atoms with E-state index < -0.39 is 0 Å². The van der Waals surface area contributed by atoms with Gasteiger partial charge in [0.2, 0.25) is 0 Å². The van der Waals surface area contributed by atoms with E-state index >= 15 is 0 Å².